The van der Waals surface area contributed by atoms with E-state index in [0.717, 1.165) is 5.41 Å². The van der Waals surface area contributed by atoms with Crippen molar-refractivity contribution in [3.05, 3.63) is 0 Å². The summed E-state index contributed by atoms with van der Waals surface area (Å²) in [7, 11) is 0. The van der Waals surface area contributed by atoms with E-state index in [0.29, 0.717) is 0 Å². The lowest BCUT2D eigenvalue weighted by Crippen LogP contribution is -2.21. The van der Waals surface area contributed by atoms with Crippen molar-refractivity contribution in [2.45, 2.75) is 32.6 Å². The highest BCUT2D eigenvalue weighted by molar-refractivity contribution is 5.12. The Morgan fingerprint density at radius 3 is 2.11 bits per heavy atom. The molecule has 0 aromatic heterocycles. The zero-order chi connectivity index (χ0) is 6.06. The maximum absolute atomic E-state index is 2.50. The van der Waals surface area contributed by atoms with Crippen LogP contribution in [0.5, 0.6) is 0 Å². The van der Waals surface area contributed by atoms with Gasteiger partial charge in [-0.1, -0.05) is 6.92 Å². The molecule has 4 rings (SSSR count). The summed E-state index contributed by atoms with van der Waals surface area (Å²) in [4.78, 5) is 0. The Balaban J connectivity index is 1.99. The van der Waals surface area contributed by atoms with Crippen molar-refractivity contribution in [1.82, 2.24) is 0 Å². The molecule has 0 heteroatoms. The summed E-state index contributed by atoms with van der Waals surface area (Å²) in [5, 5.41) is 0. The van der Waals surface area contributed by atoms with Gasteiger partial charge in [-0.15, -0.1) is 0 Å². The molecule has 50 valence electrons. The van der Waals surface area contributed by atoms with Crippen LogP contribution in [-0.2, 0) is 0 Å². The van der Waals surface area contributed by atoms with Crippen LogP contribution in [0.1, 0.15) is 32.6 Å². The third-order valence-electron chi connectivity index (χ3n) is 4.05. The van der Waals surface area contributed by atoms with Gasteiger partial charge in [0.25, 0.3) is 0 Å². The zero-order valence-electron chi connectivity index (χ0n) is 6.06. The third kappa shape index (κ3) is 0.426. The lowest BCUT2D eigenvalue weighted by atomic mass is 9.73. The Labute approximate surface area is 56.6 Å². The molecule has 0 N–H and O–H groups in total. The van der Waals surface area contributed by atoms with Crippen molar-refractivity contribution in [1.29, 1.82) is 0 Å². The van der Waals surface area contributed by atoms with Gasteiger partial charge in [0.15, 0.2) is 0 Å². The molecular formula is C9H14. The van der Waals surface area contributed by atoms with Gasteiger partial charge in [0.1, 0.15) is 0 Å². The summed E-state index contributed by atoms with van der Waals surface area (Å²) in [5.74, 6) is 3.64. The average Bonchev–Trinajstić information content (AvgIpc) is 2.36. The first-order chi connectivity index (χ1) is 4.29. The fourth-order valence-electron chi connectivity index (χ4n) is 3.50. The van der Waals surface area contributed by atoms with E-state index in [1.807, 2.05) is 0 Å². The van der Waals surface area contributed by atoms with Crippen LogP contribution in [0.15, 0.2) is 0 Å². The largest absolute Gasteiger partial charge is 0.0596 e. The highest BCUT2D eigenvalue weighted by atomic mass is 14.7. The van der Waals surface area contributed by atoms with Crippen LogP contribution in [0.4, 0.5) is 0 Å². The Morgan fingerprint density at radius 1 is 1.11 bits per heavy atom. The highest BCUT2D eigenvalue weighted by Gasteiger charge is 2.62. The molecule has 0 heterocycles. The molecule has 4 saturated carbocycles. The molecule has 0 saturated heterocycles. The molecule has 0 aromatic carbocycles. The fraction of sp³-hybridized carbons (Fsp3) is 1.00. The van der Waals surface area contributed by atoms with Crippen LogP contribution in [0, 0.1) is 23.2 Å². The van der Waals surface area contributed by atoms with Crippen LogP contribution in [0.2, 0.25) is 0 Å². The fourth-order valence-corrected chi connectivity index (χ4v) is 3.50. The summed E-state index contributed by atoms with van der Waals surface area (Å²) >= 11 is 0. The van der Waals surface area contributed by atoms with Crippen LogP contribution in [-0.4, -0.2) is 0 Å². The summed E-state index contributed by atoms with van der Waals surface area (Å²) in [5.41, 5.74) is 0.823. The predicted octanol–water partition coefficient (Wildman–Crippen LogP) is 2.44. The van der Waals surface area contributed by atoms with E-state index in [9.17, 15) is 0 Å². The molecule has 0 radical (unpaired) electrons. The summed E-state index contributed by atoms with van der Waals surface area (Å²) < 4.78 is 0. The molecule has 9 heavy (non-hydrogen) atoms. The minimum absolute atomic E-state index is 0.823. The van der Waals surface area contributed by atoms with E-state index in [2.05, 4.69) is 6.92 Å². The van der Waals surface area contributed by atoms with E-state index in [-0.39, 0.29) is 0 Å². The second-order valence-corrected chi connectivity index (χ2v) is 4.75. The van der Waals surface area contributed by atoms with Gasteiger partial charge >= 0.3 is 0 Å². The summed E-state index contributed by atoms with van der Waals surface area (Å²) in [6.45, 7) is 2.50. The third-order valence-corrected chi connectivity index (χ3v) is 4.05. The maximum atomic E-state index is 2.50. The second kappa shape index (κ2) is 1.09. The van der Waals surface area contributed by atoms with Gasteiger partial charge in [0.2, 0.25) is 0 Å². The van der Waals surface area contributed by atoms with Gasteiger partial charge in [-0.3, -0.25) is 0 Å². The number of fused-ring (bicyclic) bond motifs is 1. The minimum Gasteiger partial charge on any atom is -0.0596 e. The maximum Gasteiger partial charge on any atom is -0.0320 e. The SMILES string of the molecule is CC12CCC3[C@@H](C1)[C@H]3C2. The van der Waals surface area contributed by atoms with Crippen molar-refractivity contribution < 1.29 is 0 Å². The molecule has 4 atom stereocenters. The van der Waals surface area contributed by atoms with Crippen molar-refractivity contribution in [3.63, 3.8) is 0 Å². The number of hydrogen-bond acceptors (Lipinski definition) is 0. The molecule has 4 aliphatic carbocycles. The molecule has 0 spiro atoms. The molecule has 4 fully saturated rings. The molecular weight excluding hydrogens is 108 g/mol. The Kier molecular flexibility index (Phi) is 0.574. The van der Waals surface area contributed by atoms with E-state index in [1.165, 1.54) is 17.8 Å². The van der Waals surface area contributed by atoms with E-state index < -0.39 is 0 Å². The van der Waals surface area contributed by atoms with Crippen molar-refractivity contribution >= 4 is 0 Å². The van der Waals surface area contributed by atoms with E-state index in [1.54, 1.807) is 25.7 Å². The van der Waals surface area contributed by atoms with Gasteiger partial charge < -0.3 is 0 Å². The topological polar surface area (TPSA) is 0 Å². The minimum atomic E-state index is 0.823. The van der Waals surface area contributed by atoms with Crippen LogP contribution < -0.4 is 0 Å². The number of rotatable bonds is 0. The van der Waals surface area contributed by atoms with E-state index in [4.69, 9.17) is 0 Å². The van der Waals surface area contributed by atoms with Crippen LogP contribution >= 0.6 is 0 Å². The van der Waals surface area contributed by atoms with Crippen molar-refractivity contribution in [2.75, 3.05) is 0 Å². The van der Waals surface area contributed by atoms with E-state index >= 15 is 0 Å². The zero-order valence-corrected chi connectivity index (χ0v) is 6.06. The summed E-state index contributed by atoms with van der Waals surface area (Å²) in [6.07, 6.45) is 6.29. The lowest BCUT2D eigenvalue weighted by Gasteiger charge is -2.32. The standard InChI is InChI=1S/C9H14/c1-9-3-2-6-7(4-9)8(6)5-9/h6-8H,2-5H2,1H3/t6?,7-,8+,9?. The second-order valence-electron chi connectivity index (χ2n) is 4.75. The summed E-state index contributed by atoms with van der Waals surface area (Å²) in [6, 6.07) is 0. The smallest absolute Gasteiger partial charge is 0.0320 e. The lowest BCUT2D eigenvalue weighted by molar-refractivity contribution is 0.189. The molecule has 0 aliphatic heterocycles. The molecule has 4 bridgehead atoms. The quantitative estimate of drug-likeness (QED) is 0.463. The highest BCUT2D eigenvalue weighted by Crippen LogP contribution is 2.71. The molecule has 0 aromatic rings. The van der Waals surface area contributed by atoms with Gasteiger partial charge in [-0.2, -0.15) is 0 Å². The molecule has 4 aliphatic rings. The van der Waals surface area contributed by atoms with Gasteiger partial charge in [-0.05, 0) is 48.9 Å². The van der Waals surface area contributed by atoms with Crippen LogP contribution in [0.3, 0.4) is 0 Å². The first-order valence-electron chi connectivity index (χ1n) is 4.29. The first-order valence-corrected chi connectivity index (χ1v) is 4.29. The van der Waals surface area contributed by atoms with Gasteiger partial charge in [0.05, 0.1) is 0 Å². The first kappa shape index (κ1) is 4.76. The van der Waals surface area contributed by atoms with Gasteiger partial charge in [0, 0.05) is 0 Å². The Morgan fingerprint density at radius 2 is 1.78 bits per heavy atom. The normalized spacial score (nSPS) is 68.3. The predicted molar refractivity (Wildman–Crippen MR) is 37.0 cm³/mol. The Hall–Kier alpha value is 0. The average molecular weight is 122 g/mol. The van der Waals surface area contributed by atoms with Gasteiger partial charge in [-0.25, -0.2) is 0 Å². The van der Waals surface area contributed by atoms with Crippen molar-refractivity contribution in [2.24, 2.45) is 23.2 Å². The molecule has 0 nitrogen and oxygen atoms in total. The van der Waals surface area contributed by atoms with Crippen LogP contribution in [0.25, 0.3) is 0 Å². The Bertz CT molecular complexity index is 147. The molecule has 2 unspecified atom stereocenters. The van der Waals surface area contributed by atoms with Crippen molar-refractivity contribution in [3.8, 4) is 0 Å². The monoisotopic (exact) mass is 122 g/mol. The molecule has 0 amide bonds. The number of hydrogen-bond donors (Lipinski definition) is 0.